The van der Waals surface area contributed by atoms with Gasteiger partial charge in [-0.1, -0.05) is 17.7 Å². The molecular formula is C22H22ClN5O3. The number of nitrogens with one attached hydrogen (secondary N) is 1. The first-order chi connectivity index (χ1) is 15.0. The molecule has 1 N–H and O–H groups in total. The predicted octanol–water partition coefficient (Wildman–Crippen LogP) is 4.87. The van der Waals surface area contributed by atoms with Crippen molar-refractivity contribution < 1.29 is 14.3 Å². The molecule has 0 unspecified atom stereocenters. The lowest BCUT2D eigenvalue weighted by molar-refractivity contribution is 0.155. The lowest BCUT2D eigenvalue weighted by Crippen LogP contribution is -2.16. The number of aromatic nitrogens is 4. The summed E-state index contributed by atoms with van der Waals surface area (Å²) in [5.74, 6) is 1.13. The topological polar surface area (TPSA) is 83.2 Å². The van der Waals surface area contributed by atoms with Gasteiger partial charge in [-0.05, 0) is 42.8 Å². The van der Waals surface area contributed by atoms with Crippen LogP contribution in [0, 0.1) is 0 Å². The Morgan fingerprint density at radius 2 is 2.03 bits per heavy atom. The van der Waals surface area contributed by atoms with E-state index in [2.05, 4.69) is 15.4 Å². The number of ether oxygens (including phenoxy) is 2. The van der Waals surface area contributed by atoms with Gasteiger partial charge in [0.2, 0.25) is 0 Å². The summed E-state index contributed by atoms with van der Waals surface area (Å²) in [6.07, 6.45) is 1.19. The Kier molecular flexibility index (Phi) is 5.81. The van der Waals surface area contributed by atoms with Crippen molar-refractivity contribution in [2.75, 3.05) is 12.4 Å². The summed E-state index contributed by atoms with van der Waals surface area (Å²) >= 11 is 6.05. The first kappa shape index (κ1) is 20.7. The van der Waals surface area contributed by atoms with Gasteiger partial charge in [-0.15, -0.1) is 0 Å². The van der Waals surface area contributed by atoms with E-state index in [-0.39, 0.29) is 6.61 Å². The number of aryl methyl sites for hydroxylation is 2. The van der Waals surface area contributed by atoms with Crippen molar-refractivity contribution in [2.45, 2.75) is 20.1 Å². The van der Waals surface area contributed by atoms with E-state index in [4.69, 9.17) is 21.1 Å². The van der Waals surface area contributed by atoms with Gasteiger partial charge in [0.15, 0.2) is 0 Å². The second-order valence-electron chi connectivity index (χ2n) is 6.95. The van der Waals surface area contributed by atoms with E-state index >= 15 is 0 Å². The number of methoxy groups -OCH3 is 1. The molecule has 4 aromatic rings. The normalized spacial score (nSPS) is 11.0. The van der Waals surface area contributed by atoms with Gasteiger partial charge in [-0.3, -0.25) is 5.32 Å². The summed E-state index contributed by atoms with van der Waals surface area (Å²) in [6, 6.07) is 12.9. The number of carbonyl (C=O) groups excluding carboxylic acids is 1. The first-order valence-electron chi connectivity index (χ1n) is 9.74. The maximum Gasteiger partial charge on any atom is 0.413 e. The van der Waals surface area contributed by atoms with Gasteiger partial charge < -0.3 is 14.0 Å². The van der Waals surface area contributed by atoms with Crippen LogP contribution in [0.2, 0.25) is 5.02 Å². The molecular weight excluding hydrogens is 418 g/mol. The molecule has 0 spiro atoms. The summed E-state index contributed by atoms with van der Waals surface area (Å²) in [5, 5.41) is 7.89. The second kappa shape index (κ2) is 8.69. The van der Waals surface area contributed by atoms with Gasteiger partial charge in [0.05, 0.1) is 30.2 Å². The summed E-state index contributed by atoms with van der Waals surface area (Å²) in [5.41, 5.74) is 4.17. The summed E-state index contributed by atoms with van der Waals surface area (Å²) < 4.78 is 14.4. The molecule has 8 nitrogen and oxygen atoms in total. The molecule has 0 bridgehead atoms. The van der Waals surface area contributed by atoms with Crippen LogP contribution in [0.4, 0.5) is 10.6 Å². The van der Waals surface area contributed by atoms with Crippen LogP contribution in [-0.2, 0) is 24.9 Å². The minimum absolute atomic E-state index is 0.135. The van der Waals surface area contributed by atoms with Crippen LogP contribution in [0.1, 0.15) is 12.5 Å². The Morgan fingerprint density at radius 1 is 1.19 bits per heavy atom. The zero-order valence-electron chi connectivity index (χ0n) is 17.4. The van der Waals surface area contributed by atoms with Crippen molar-refractivity contribution in [3.63, 3.8) is 0 Å². The van der Waals surface area contributed by atoms with Crippen molar-refractivity contribution in [1.82, 2.24) is 19.3 Å². The van der Waals surface area contributed by atoms with Gasteiger partial charge in [-0.25, -0.2) is 14.5 Å². The number of rotatable bonds is 6. The van der Waals surface area contributed by atoms with Gasteiger partial charge >= 0.3 is 6.09 Å². The molecule has 1 amide bonds. The fourth-order valence-corrected chi connectivity index (χ4v) is 3.49. The first-order valence-corrected chi connectivity index (χ1v) is 10.1. The Hall–Kier alpha value is -3.52. The molecule has 0 atom stereocenters. The third-order valence-corrected chi connectivity index (χ3v) is 5.14. The van der Waals surface area contributed by atoms with Crippen molar-refractivity contribution in [2.24, 2.45) is 7.05 Å². The summed E-state index contributed by atoms with van der Waals surface area (Å²) in [7, 11) is 3.51. The standard InChI is InChI=1S/C22H22ClN5O3/c1-4-28-21(11-17(26-28)16-7-6-15(23)10-20(16)30-3)25-22(29)31-12-14-5-8-19-18(9-14)24-13-27(19)2/h5-11,13H,4,12H2,1-3H3,(H,25,29). The number of halogens is 1. The van der Waals surface area contributed by atoms with Gasteiger partial charge in [-0.2, -0.15) is 5.10 Å². The molecule has 0 saturated carbocycles. The van der Waals surface area contributed by atoms with Crippen molar-refractivity contribution in [1.29, 1.82) is 0 Å². The van der Waals surface area contributed by atoms with Crippen molar-refractivity contribution in [3.05, 3.63) is 59.4 Å². The summed E-state index contributed by atoms with van der Waals surface area (Å²) in [4.78, 5) is 16.7. The minimum atomic E-state index is -0.565. The molecule has 0 fully saturated rings. The number of amides is 1. The fourth-order valence-electron chi connectivity index (χ4n) is 3.33. The maximum atomic E-state index is 12.4. The molecule has 9 heteroatoms. The van der Waals surface area contributed by atoms with Gasteiger partial charge in [0.1, 0.15) is 18.2 Å². The Morgan fingerprint density at radius 3 is 2.81 bits per heavy atom. The van der Waals surface area contributed by atoms with Crippen LogP contribution >= 0.6 is 11.6 Å². The quantitative estimate of drug-likeness (QED) is 0.463. The minimum Gasteiger partial charge on any atom is -0.496 e. The SMILES string of the molecule is CCn1nc(-c2ccc(Cl)cc2OC)cc1NC(=O)OCc1ccc2c(c1)ncn2C. The lowest BCUT2D eigenvalue weighted by atomic mass is 10.1. The highest BCUT2D eigenvalue weighted by Crippen LogP contribution is 2.33. The van der Waals surface area contributed by atoms with Crippen LogP contribution in [0.15, 0.2) is 48.8 Å². The van der Waals surface area contributed by atoms with Crippen LogP contribution < -0.4 is 10.1 Å². The molecule has 0 aliphatic rings. The second-order valence-corrected chi connectivity index (χ2v) is 7.39. The molecule has 0 aliphatic heterocycles. The van der Waals surface area contributed by atoms with E-state index in [1.807, 2.05) is 42.8 Å². The van der Waals surface area contributed by atoms with Crippen LogP contribution in [0.5, 0.6) is 5.75 Å². The molecule has 2 aromatic heterocycles. The maximum absolute atomic E-state index is 12.4. The number of benzene rings is 2. The summed E-state index contributed by atoms with van der Waals surface area (Å²) in [6.45, 7) is 2.65. The van der Waals surface area contributed by atoms with E-state index in [1.165, 1.54) is 0 Å². The highest BCUT2D eigenvalue weighted by Gasteiger charge is 2.15. The van der Waals surface area contributed by atoms with Crippen molar-refractivity contribution in [3.8, 4) is 17.0 Å². The fraction of sp³-hybridized carbons (Fsp3) is 0.227. The molecule has 4 rings (SSSR count). The smallest absolute Gasteiger partial charge is 0.413 e. The van der Waals surface area contributed by atoms with E-state index < -0.39 is 6.09 Å². The number of anilines is 1. The van der Waals surface area contributed by atoms with E-state index in [0.29, 0.717) is 28.8 Å². The molecule has 31 heavy (non-hydrogen) atoms. The number of hydrogen-bond acceptors (Lipinski definition) is 5. The monoisotopic (exact) mass is 439 g/mol. The highest BCUT2D eigenvalue weighted by molar-refractivity contribution is 6.30. The molecule has 0 saturated heterocycles. The van der Waals surface area contributed by atoms with Crippen molar-refractivity contribution >= 4 is 34.5 Å². The Balaban J connectivity index is 1.47. The zero-order chi connectivity index (χ0) is 22.0. The third-order valence-electron chi connectivity index (χ3n) is 4.91. The van der Waals surface area contributed by atoms with Crippen LogP contribution in [0.25, 0.3) is 22.3 Å². The number of imidazole rings is 1. The van der Waals surface area contributed by atoms with Crippen LogP contribution in [-0.4, -0.2) is 32.5 Å². The van der Waals surface area contributed by atoms with Gasteiger partial charge in [0, 0.05) is 30.2 Å². The molecule has 0 radical (unpaired) electrons. The average molecular weight is 440 g/mol. The number of fused-ring (bicyclic) bond motifs is 1. The molecule has 160 valence electrons. The number of carbonyl (C=O) groups is 1. The molecule has 2 aromatic carbocycles. The number of hydrogen-bond donors (Lipinski definition) is 1. The predicted molar refractivity (Wildman–Crippen MR) is 119 cm³/mol. The third kappa shape index (κ3) is 4.34. The van der Waals surface area contributed by atoms with E-state index in [1.54, 1.807) is 36.3 Å². The Bertz CT molecular complexity index is 1250. The van der Waals surface area contributed by atoms with Crippen LogP contribution in [0.3, 0.4) is 0 Å². The Labute approximate surface area is 184 Å². The highest BCUT2D eigenvalue weighted by atomic mass is 35.5. The molecule has 2 heterocycles. The average Bonchev–Trinajstić information content (AvgIpc) is 3.35. The largest absolute Gasteiger partial charge is 0.496 e. The van der Waals surface area contributed by atoms with E-state index in [9.17, 15) is 4.79 Å². The van der Waals surface area contributed by atoms with Gasteiger partial charge in [0.25, 0.3) is 0 Å². The molecule has 0 aliphatic carbocycles. The number of nitrogens with zero attached hydrogens (tertiary/aromatic N) is 4. The lowest BCUT2D eigenvalue weighted by Gasteiger charge is -2.08. The van der Waals surface area contributed by atoms with E-state index in [0.717, 1.165) is 22.2 Å². The zero-order valence-corrected chi connectivity index (χ0v) is 18.2.